The monoisotopic (exact) mass is 906 g/mol. The van der Waals surface area contributed by atoms with Crippen LogP contribution in [0.15, 0.2) is 41.5 Å². The van der Waals surface area contributed by atoms with Gasteiger partial charge in [0, 0.05) is 39.2 Å². The Morgan fingerprint density at radius 3 is 2.13 bits per heavy atom. The van der Waals surface area contributed by atoms with Gasteiger partial charge in [0.1, 0.15) is 30.2 Å². The Kier molecular flexibility index (Phi) is 21.5. The molecular formula is C40H62N10O12S. The molecule has 22 nitrogen and oxygen atoms in total. The van der Waals surface area contributed by atoms with Gasteiger partial charge in [0.2, 0.25) is 35.4 Å². The average Bonchev–Trinajstić information content (AvgIpc) is 3.57. The van der Waals surface area contributed by atoms with Crippen LogP contribution < -0.4 is 36.9 Å². The fraction of sp³-hybridized carbons (Fsp3) is 0.575. The Morgan fingerprint density at radius 1 is 0.921 bits per heavy atom. The summed E-state index contributed by atoms with van der Waals surface area (Å²) in [6.07, 6.45) is 1.76. The first-order chi connectivity index (χ1) is 29.6. The fourth-order valence-corrected chi connectivity index (χ4v) is 7.38. The molecule has 0 spiro atoms. The average molecular weight is 907 g/mol. The molecule has 1 saturated heterocycles. The molecule has 1 aliphatic heterocycles. The lowest BCUT2D eigenvalue weighted by Gasteiger charge is -2.33. The lowest BCUT2D eigenvalue weighted by molar-refractivity contribution is -0.146. The number of carboxylic acid groups (broad SMARTS) is 2. The van der Waals surface area contributed by atoms with E-state index in [1.165, 1.54) is 22.9 Å². The maximum atomic E-state index is 14.0. The van der Waals surface area contributed by atoms with Crippen LogP contribution in [-0.2, 0) is 48.6 Å². The van der Waals surface area contributed by atoms with Crippen molar-refractivity contribution < 1.29 is 57.0 Å². The Bertz CT molecular complexity index is 1940. The zero-order valence-corrected chi connectivity index (χ0v) is 37.1. The highest BCUT2D eigenvalue weighted by molar-refractivity contribution is 7.88. The van der Waals surface area contributed by atoms with E-state index in [0.717, 1.165) is 11.8 Å². The second-order valence-electron chi connectivity index (χ2n) is 15.6. The van der Waals surface area contributed by atoms with E-state index >= 15 is 0 Å². The highest BCUT2D eigenvalue weighted by Crippen LogP contribution is 2.25. The summed E-state index contributed by atoms with van der Waals surface area (Å²) in [6.45, 7) is 7.02. The van der Waals surface area contributed by atoms with E-state index in [9.17, 15) is 57.0 Å². The van der Waals surface area contributed by atoms with Crippen LogP contribution in [0.25, 0.3) is 6.08 Å². The number of hydrogen-bond donors (Lipinski definition) is 9. The van der Waals surface area contributed by atoms with Crippen molar-refractivity contribution in [3.63, 3.8) is 0 Å². The van der Waals surface area contributed by atoms with Gasteiger partial charge >= 0.3 is 22.1 Å². The summed E-state index contributed by atoms with van der Waals surface area (Å²) in [7, 11) is -2.84. The van der Waals surface area contributed by atoms with Gasteiger partial charge < -0.3 is 47.4 Å². The first-order valence-corrected chi connectivity index (χ1v) is 22.1. The number of nitrogens with zero attached hydrogens (tertiary/aromatic N) is 3. The quantitative estimate of drug-likeness (QED) is 0.0302. The predicted molar refractivity (Wildman–Crippen MR) is 231 cm³/mol. The van der Waals surface area contributed by atoms with Gasteiger partial charge in [0.05, 0.1) is 6.42 Å². The summed E-state index contributed by atoms with van der Waals surface area (Å²) in [4.78, 5) is 111. The van der Waals surface area contributed by atoms with Crippen LogP contribution in [0.2, 0.25) is 0 Å². The molecule has 63 heavy (non-hydrogen) atoms. The third-order valence-corrected chi connectivity index (χ3v) is 11.1. The zero-order chi connectivity index (χ0) is 47.4. The summed E-state index contributed by atoms with van der Waals surface area (Å²) in [5.41, 5.74) is 11.5. The first kappa shape index (κ1) is 52.9. The molecule has 1 fully saturated rings. The largest absolute Gasteiger partial charge is 0.481 e. The van der Waals surface area contributed by atoms with E-state index in [0.29, 0.717) is 6.42 Å². The molecule has 1 aromatic rings. The molecule has 11 N–H and O–H groups in total. The Labute approximate surface area is 367 Å². The molecule has 0 aromatic heterocycles. The molecule has 2 rings (SSSR count). The summed E-state index contributed by atoms with van der Waals surface area (Å²) >= 11 is 0. The van der Waals surface area contributed by atoms with E-state index in [1.54, 1.807) is 58.0 Å². The Hall–Kier alpha value is -6.26. The van der Waals surface area contributed by atoms with E-state index < -0.39 is 100 Å². The third kappa shape index (κ3) is 18.3. The highest BCUT2D eigenvalue weighted by Gasteiger charge is 2.44. The SMILES string of the molecule is CCC(C)C(C(=O)N[C@@H](CC(=O)O)C(=O)N[C@@H](CCCN=C(N)N)C(=O)N[C@@H](CC(C)C)C(=O)O)N1CCC(N(C)C(=O)CCCC(=O)NS(=O)(=O)N/C=C/c2ccccc2)C1=O. The number of hydrogen-bond acceptors (Lipinski definition) is 11. The van der Waals surface area contributed by atoms with Gasteiger partial charge in [-0.2, -0.15) is 8.42 Å². The molecule has 23 heteroatoms. The summed E-state index contributed by atoms with van der Waals surface area (Å²) in [5, 5.41) is 26.7. The van der Waals surface area contributed by atoms with E-state index in [1.807, 2.05) is 4.72 Å². The van der Waals surface area contributed by atoms with Gasteiger partial charge in [-0.3, -0.25) is 43.3 Å². The van der Waals surface area contributed by atoms with Crippen molar-refractivity contribution in [2.45, 2.75) is 116 Å². The molecule has 1 heterocycles. The van der Waals surface area contributed by atoms with Crippen LogP contribution in [0.4, 0.5) is 0 Å². The minimum absolute atomic E-state index is 0.0183. The van der Waals surface area contributed by atoms with E-state index in [4.69, 9.17) is 11.5 Å². The predicted octanol–water partition coefficient (Wildman–Crippen LogP) is -0.634. The number of guanidine groups is 1. The fourth-order valence-electron chi connectivity index (χ4n) is 6.67. The number of carboxylic acids is 2. The van der Waals surface area contributed by atoms with Gasteiger partial charge in [0.15, 0.2) is 5.96 Å². The van der Waals surface area contributed by atoms with Gasteiger partial charge in [0.25, 0.3) is 0 Å². The highest BCUT2D eigenvalue weighted by atomic mass is 32.2. The smallest absolute Gasteiger partial charge is 0.326 e. The molecule has 0 radical (unpaired) electrons. The third-order valence-electron chi connectivity index (χ3n) is 10.1. The number of rotatable bonds is 27. The number of amides is 6. The van der Waals surface area contributed by atoms with Gasteiger partial charge in [-0.15, -0.1) is 0 Å². The van der Waals surface area contributed by atoms with Gasteiger partial charge in [-0.05, 0) is 55.6 Å². The van der Waals surface area contributed by atoms with Crippen molar-refractivity contribution in [2.24, 2.45) is 28.3 Å². The minimum atomic E-state index is -4.22. The molecule has 1 aromatic carbocycles. The number of likely N-dealkylation sites (N-methyl/N-ethyl adjacent to an activating group) is 1. The number of aliphatic imine (C=N–C) groups is 1. The number of carbonyl (C=O) groups excluding carboxylic acids is 6. The topological polar surface area (TPSA) is 342 Å². The van der Waals surface area contributed by atoms with Crippen molar-refractivity contribution in [3.05, 3.63) is 42.1 Å². The lowest BCUT2D eigenvalue weighted by atomic mass is 9.96. The van der Waals surface area contributed by atoms with Crippen LogP contribution in [0.3, 0.4) is 0 Å². The summed E-state index contributed by atoms with van der Waals surface area (Å²) in [6, 6.07) is 2.18. The molecule has 0 saturated carbocycles. The van der Waals surface area contributed by atoms with Crippen molar-refractivity contribution in [1.82, 2.24) is 35.2 Å². The van der Waals surface area contributed by atoms with Crippen molar-refractivity contribution >= 4 is 69.6 Å². The first-order valence-electron chi connectivity index (χ1n) is 20.6. The number of aliphatic carboxylic acids is 2. The zero-order valence-electron chi connectivity index (χ0n) is 36.2. The summed E-state index contributed by atoms with van der Waals surface area (Å²) in [5.74, 6) is -8.42. The normalized spacial score (nSPS) is 16.3. The molecule has 350 valence electrons. The number of benzene rings is 1. The lowest BCUT2D eigenvalue weighted by Crippen LogP contribution is -2.59. The molecule has 3 unspecified atom stereocenters. The molecule has 6 amide bonds. The number of nitrogens with two attached hydrogens (primary N) is 2. The van der Waals surface area contributed by atoms with Crippen LogP contribution >= 0.6 is 0 Å². The van der Waals surface area contributed by atoms with E-state index in [2.05, 4.69) is 25.7 Å². The van der Waals surface area contributed by atoms with Crippen LogP contribution in [0.5, 0.6) is 0 Å². The van der Waals surface area contributed by atoms with Crippen LogP contribution in [-0.4, -0.2) is 132 Å². The Balaban J connectivity index is 2.14. The Morgan fingerprint density at radius 2 is 1.54 bits per heavy atom. The second kappa shape index (κ2) is 25.6. The van der Waals surface area contributed by atoms with Crippen LogP contribution in [0.1, 0.15) is 91.0 Å². The van der Waals surface area contributed by atoms with Crippen molar-refractivity contribution in [1.29, 1.82) is 0 Å². The van der Waals surface area contributed by atoms with Gasteiger partial charge in [-0.25, -0.2) is 9.52 Å². The molecule has 6 atom stereocenters. The standard InChI is InChI=1S/C40H62N10O12S/c1-6-25(4)34(37(57)46-28(23-33(53)54)36(56)45-27(14-11-19-43-40(41)42)35(55)47-29(39(59)60)22-24(2)3)50-21-18-30(38(50)58)49(5)32(52)16-10-15-31(51)48-63(61,62)44-20-17-26-12-8-7-9-13-26/h7-9,12-13,17,20,24-25,27-30,34,44H,6,10-11,14-16,18-19,21-23H2,1-5H3,(H,45,56)(H,46,57)(H,47,55)(H,48,51)(H,53,54)(H,59,60)(H4,41,42,43)/b20-17+/t25?,27-,28-,29-,30?,34?/m0/s1. The molecule has 0 aliphatic carbocycles. The van der Waals surface area contributed by atoms with E-state index in [-0.39, 0.29) is 69.9 Å². The van der Waals surface area contributed by atoms with Crippen molar-refractivity contribution in [3.8, 4) is 0 Å². The summed E-state index contributed by atoms with van der Waals surface area (Å²) < 4.78 is 28.5. The maximum Gasteiger partial charge on any atom is 0.326 e. The number of likely N-dealkylation sites (tertiary alicyclic amines) is 1. The maximum absolute atomic E-state index is 14.0. The molecule has 0 bridgehead atoms. The minimum Gasteiger partial charge on any atom is -0.481 e. The van der Waals surface area contributed by atoms with Crippen molar-refractivity contribution in [2.75, 3.05) is 20.1 Å². The number of nitrogens with one attached hydrogen (secondary N) is 5. The van der Waals surface area contributed by atoms with Gasteiger partial charge in [-0.1, -0.05) is 64.4 Å². The molecular weight excluding hydrogens is 845 g/mol. The number of carbonyl (C=O) groups is 8. The van der Waals surface area contributed by atoms with Crippen LogP contribution in [0, 0.1) is 11.8 Å². The second-order valence-corrected chi connectivity index (χ2v) is 17.1. The molecule has 1 aliphatic rings.